The molecule has 1 heterocycles. The third-order valence-electron chi connectivity index (χ3n) is 5.97. The van der Waals surface area contributed by atoms with Crippen LogP contribution in [-0.2, 0) is 9.59 Å². The SMILES string of the molecule is CCOc1ccc(/C(O)=C2/C(=O)C(=O)N(c3ccc(OC(F)(F)F)cc3)C2c2ccc(OC)cc2)cc1C. The second kappa shape index (κ2) is 10.5. The number of carbonyl (C=O) groups excluding carboxylic acids is 2. The molecule has 198 valence electrons. The van der Waals surface area contributed by atoms with Gasteiger partial charge in [0.1, 0.15) is 23.0 Å². The van der Waals surface area contributed by atoms with Crippen molar-refractivity contribution >= 4 is 23.1 Å². The number of halogens is 3. The largest absolute Gasteiger partial charge is 0.573 e. The summed E-state index contributed by atoms with van der Waals surface area (Å²) < 4.78 is 52.5. The number of aliphatic hydroxyl groups is 1. The first kappa shape index (κ1) is 26.6. The summed E-state index contributed by atoms with van der Waals surface area (Å²) in [5.41, 5.74) is 1.47. The molecule has 1 aliphatic rings. The van der Waals surface area contributed by atoms with Crippen molar-refractivity contribution in [1.82, 2.24) is 0 Å². The Labute approximate surface area is 216 Å². The number of methoxy groups -OCH3 is 1. The van der Waals surface area contributed by atoms with E-state index in [9.17, 15) is 27.9 Å². The zero-order valence-electron chi connectivity index (χ0n) is 20.7. The minimum Gasteiger partial charge on any atom is -0.507 e. The number of benzene rings is 3. The summed E-state index contributed by atoms with van der Waals surface area (Å²) >= 11 is 0. The number of Topliss-reactive ketones (excluding diaryl/α,β-unsaturated/α-hetero) is 1. The summed E-state index contributed by atoms with van der Waals surface area (Å²) in [4.78, 5) is 27.7. The Balaban J connectivity index is 1.84. The third-order valence-corrected chi connectivity index (χ3v) is 5.97. The fourth-order valence-corrected chi connectivity index (χ4v) is 4.28. The van der Waals surface area contributed by atoms with E-state index in [1.807, 2.05) is 6.92 Å². The predicted octanol–water partition coefficient (Wildman–Crippen LogP) is 5.93. The Morgan fingerprint density at radius 3 is 2.16 bits per heavy atom. The maximum absolute atomic E-state index is 13.3. The van der Waals surface area contributed by atoms with Crippen LogP contribution in [0.4, 0.5) is 18.9 Å². The number of aryl methyl sites for hydroxylation is 1. The molecule has 38 heavy (non-hydrogen) atoms. The molecule has 3 aromatic carbocycles. The average molecular weight is 527 g/mol. The number of ketones is 1. The van der Waals surface area contributed by atoms with Crippen LogP contribution in [0.2, 0.25) is 0 Å². The first-order valence-corrected chi connectivity index (χ1v) is 11.6. The van der Waals surface area contributed by atoms with Gasteiger partial charge in [0.15, 0.2) is 0 Å². The highest BCUT2D eigenvalue weighted by Crippen LogP contribution is 2.43. The molecule has 0 spiro atoms. The van der Waals surface area contributed by atoms with Gasteiger partial charge in [0.2, 0.25) is 0 Å². The molecule has 0 radical (unpaired) electrons. The number of carbonyl (C=O) groups is 2. The number of amides is 1. The van der Waals surface area contributed by atoms with Crippen molar-refractivity contribution < 1.29 is 42.1 Å². The highest BCUT2D eigenvalue weighted by Gasteiger charge is 2.47. The van der Waals surface area contributed by atoms with Crippen LogP contribution in [0, 0.1) is 6.92 Å². The Morgan fingerprint density at radius 1 is 0.974 bits per heavy atom. The summed E-state index contributed by atoms with van der Waals surface area (Å²) in [6.07, 6.45) is -4.88. The second-order valence-electron chi connectivity index (χ2n) is 8.40. The van der Waals surface area contributed by atoms with E-state index in [2.05, 4.69) is 4.74 Å². The van der Waals surface area contributed by atoms with Gasteiger partial charge < -0.3 is 19.3 Å². The van der Waals surface area contributed by atoms with Crippen LogP contribution in [0.3, 0.4) is 0 Å². The molecule has 0 saturated carbocycles. The van der Waals surface area contributed by atoms with Crippen molar-refractivity contribution in [3.05, 3.63) is 89.0 Å². The average Bonchev–Trinajstić information content (AvgIpc) is 3.14. The van der Waals surface area contributed by atoms with Gasteiger partial charge in [0.25, 0.3) is 11.7 Å². The molecule has 1 unspecified atom stereocenters. The zero-order valence-corrected chi connectivity index (χ0v) is 20.7. The van der Waals surface area contributed by atoms with Crippen molar-refractivity contribution in [2.75, 3.05) is 18.6 Å². The first-order valence-electron chi connectivity index (χ1n) is 11.6. The maximum Gasteiger partial charge on any atom is 0.573 e. The fraction of sp³-hybridized carbons (Fsp3) is 0.214. The van der Waals surface area contributed by atoms with Gasteiger partial charge in [-0.1, -0.05) is 12.1 Å². The number of alkyl halides is 3. The minimum atomic E-state index is -4.88. The molecule has 1 amide bonds. The highest BCUT2D eigenvalue weighted by atomic mass is 19.4. The van der Waals surface area contributed by atoms with Crippen LogP contribution in [0.15, 0.2) is 72.3 Å². The van der Waals surface area contributed by atoms with Crippen molar-refractivity contribution in [2.24, 2.45) is 0 Å². The van der Waals surface area contributed by atoms with Crippen LogP contribution >= 0.6 is 0 Å². The molecular formula is C28H24F3NO6. The Morgan fingerprint density at radius 2 is 1.61 bits per heavy atom. The molecule has 1 atom stereocenters. The molecule has 0 aromatic heterocycles. The van der Waals surface area contributed by atoms with E-state index in [0.29, 0.717) is 34.8 Å². The highest BCUT2D eigenvalue weighted by molar-refractivity contribution is 6.51. The molecule has 0 aliphatic carbocycles. The van der Waals surface area contributed by atoms with E-state index >= 15 is 0 Å². The molecule has 1 N–H and O–H groups in total. The predicted molar refractivity (Wildman–Crippen MR) is 133 cm³/mol. The zero-order chi connectivity index (χ0) is 27.6. The molecule has 10 heteroatoms. The van der Waals surface area contributed by atoms with Gasteiger partial charge in [-0.05, 0) is 79.6 Å². The molecular weight excluding hydrogens is 503 g/mol. The summed E-state index contributed by atoms with van der Waals surface area (Å²) in [6.45, 7) is 4.07. The fourth-order valence-electron chi connectivity index (χ4n) is 4.28. The summed E-state index contributed by atoms with van der Waals surface area (Å²) in [7, 11) is 1.49. The molecule has 1 fully saturated rings. The van der Waals surface area contributed by atoms with Gasteiger partial charge in [-0.3, -0.25) is 14.5 Å². The number of rotatable bonds is 7. The molecule has 7 nitrogen and oxygen atoms in total. The van der Waals surface area contributed by atoms with Gasteiger partial charge in [-0.2, -0.15) is 0 Å². The van der Waals surface area contributed by atoms with Crippen molar-refractivity contribution in [1.29, 1.82) is 0 Å². The maximum atomic E-state index is 13.3. The Hall–Kier alpha value is -4.47. The summed E-state index contributed by atoms with van der Waals surface area (Å²) in [5.74, 6) is -1.62. The number of aliphatic hydroxyl groups excluding tert-OH is 1. The molecule has 3 aromatic rings. The second-order valence-corrected chi connectivity index (χ2v) is 8.40. The lowest BCUT2D eigenvalue weighted by molar-refractivity contribution is -0.274. The summed E-state index contributed by atoms with van der Waals surface area (Å²) in [6, 6.07) is 14.9. The standard InChI is InChI=1S/C28H24F3NO6/c1-4-37-22-14-7-18(15-16(22)2)25(33)23-24(17-5-10-20(36-3)11-6-17)32(27(35)26(23)34)19-8-12-21(13-9-19)38-28(29,30)31/h5-15,24,33H,4H2,1-3H3/b25-23-. The van der Waals surface area contributed by atoms with E-state index in [4.69, 9.17) is 9.47 Å². The summed E-state index contributed by atoms with van der Waals surface area (Å²) in [5, 5.41) is 11.3. The number of ether oxygens (including phenoxy) is 3. The number of nitrogens with zero attached hydrogens (tertiary/aromatic N) is 1. The van der Waals surface area contributed by atoms with Crippen LogP contribution in [0.25, 0.3) is 5.76 Å². The lowest BCUT2D eigenvalue weighted by Crippen LogP contribution is -2.29. The smallest absolute Gasteiger partial charge is 0.507 e. The van der Waals surface area contributed by atoms with Crippen LogP contribution in [0.1, 0.15) is 29.7 Å². The molecule has 1 saturated heterocycles. The number of hydrogen-bond acceptors (Lipinski definition) is 6. The molecule has 4 rings (SSSR count). The van der Waals surface area contributed by atoms with E-state index < -0.39 is 35.6 Å². The van der Waals surface area contributed by atoms with Crippen LogP contribution < -0.4 is 19.1 Å². The van der Waals surface area contributed by atoms with Gasteiger partial charge in [-0.25, -0.2) is 0 Å². The lowest BCUT2D eigenvalue weighted by atomic mass is 9.94. The van der Waals surface area contributed by atoms with Gasteiger partial charge >= 0.3 is 6.36 Å². The van der Waals surface area contributed by atoms with Crippen LogP contribution in [-0.4, -0.2) is 36.9 Å². The third kappa shape index (κ3) is 5.29. The topological polar surface area (TPSA) is 85.3 Å². The van der Waals surface area contributed by atoms with Gasteiger partial charge in [0.05, 0.1) is 25.3 Å². The molecule has 1 aliphatic heterocycles. The van der Waals surface area contributed by atoms with E-state index in [0.717, 1.165) is 17.0 Å². The van der Waals surface area contributed by atoms with Crippen molar-refractivity contribution in [2.45, 2.75) is 26.3 Å². The van der Waals surface area contributed by atoms with Crippen LogP contribution in [0.5, 0.6) is 17.2 Å². The Bertz CT molecular complexity index is 1380. The van der Waals surface area contributed by atoms with E-state index in [1.54, 1.807) is 49.4 Å². The monoisotopic (exact) mass is 527 g/mol. The first-order chi connectivity index (χ1) is 18.0. The van der Waals surface area contributed by atoms with E-state index in [1.165, 1.54) is 19.2 Å². The normalized spacial score (nSPS) is 17.0. The van der Waals surface area contributed by atoms with Crippen molar-refractivity contribution in [3.63, 3.8) is 0 Å². The van der Waals surface area contributed by atoms with Gasteiger partial charge in [0, 0.05) is 11.3 Å². The minimum absolute atomic E-state index is 0.143. The lowest BCUT2D eigenvalue weighted by Gasteiger charge is -2.26. The van der Waals surface area contributed by atoms with Crippen molar-refractivity contribution in [3.8, 4) is 17.2 Å². The number of anilines is 1. The van der Waals surface area contributed by atoms with E-state index in [-0.39, 0.29) is 11.3 Å². The van der Waals surface area contributed by atoms with Gasteiger partial charge in [-0.15, -0.1) is 13.2 Å². The quantitative estimate of drug-likeness (QED) is 0.233. The molecule has 0 bridgehead atoms. The Kier molecular flexibility index (Phi) is 7.34. The number of hydrogen-bond donors (Lipinski definition) is 1.